The maximum atomic E-state index is 13.7. The molecular formula is C18H17F3N2O3. The SMILES string of the molecule is COc1cccc(NC(=O)C(C)(C)C(=O)Nc2ccc(F)c(F)c2F)c1. The van der Waals surface area contributed by atoms with Crippen molar-refractivity contribution < 1.29 is 27.5 Å². The molecular weight excluding hydrogens is 349 g/mol. The number of rotatable bonds is 5. The fraction of sp³-hybridized carbons (Fsp3) is 0.222. The predicted octanol–water partition coefficient (Wildman–Crippen LogP) is 3.72. The molecule has 0 atom stereocenters. The van der Waals surface area contributed by atoms with E-state index in [0.29, 0.717) is 17.5 Å². The first kappa shape index (κ1) is 19.3. The summed E-state index contributed by atoms with van der Waals surface area (Å²) in [6.45, 7) is 2.63. The van der Waals surface area contributed by atoms with Crippen LogP contribution in [0.15, 0.2) is 36.4 Å². The number of carbonyl (C=O) groups is 2. The zero-order valence-corrected chi connectivity index (χ0v) is 14.3. The number of anilines is 2. The summed E-state index contributed by atoms with van der Waals surface area (Å²) >= 11 is 0. The van der Waals surface area contributed by atoms with E-state index in [4.69, 9.17) is 4.74 Å². The maximum Gasteiger partial charge on any atom is 0.239 e. The summed E-state index contributed by atoms with van der Waals surface area (Å²) in [5.74, 6) is -5.68. The van der Waals surface area contributed by atoms with E-state index in [2.05, 4.69) is 10.6 Å². The molecule has 2 aromatic rings. The monoisotopic (exact) mass is 366 g/mol. The third kappa shape index (κ3) is 3.96. The van der Waals surface area contributed by atoms with Crippen molar-refractivity contribution >= 4 is 23.2 Å². The van der Waals surface area contributed by atoms with E-state index in [0.717, 1.165) is 6.07 Å². The Morgan fingerprint density at radius 3 is 2.27 bits per heavy atom. The first-order valence-electron chi connectivity index (χ1n) is 7.57. The standard InChI is InChI=1S/C18H17F3N2O3/c1-18(2,16(24)22-10-5-4-6-11(9-10)26-3)17(25)23-13-8-7-12(19)14(20)15(13)21/h4-9H,1-3H3,(H,22,24)(H,23,25). The Labute approximate surface area is 148 Å². The summed E-state index contributed by atoms with van der Waals surface area (Å²) < 4.78 is 45.0. The Kier molecular flexibility index (Phi) is 5.54. The van der Waals surface area contributed by atoms with E-state index < -0.39 is 40.4 Å². The quantitative estimate of drug-likeness (QED) is 0.626. The van der Waals surface area contributed by atoms with Crippen molar-refractivity contribution in [2.75, 3.05) is 17.7 Å². The number of methoxy groups -OCH3 is 1. The summed E-state index contributed by atoms with van der Waals surface area (Å²) in [6.07, 6.45) is 0. The van der Waals surface area contributed by atoms with Crippen LogP contribution in [-0.4, -0.2) is 18.9 Å². The van der Waals surface area contributed by atoms with Crippen molar-refractivity contribution in [1.82, 2.24) is 0 Å². The minimum Gasteiger partial charge on any atom is -0.497 e. The van der Waals surface area contributed by atoms with Crippen LogP contribution in [0, 0.1) is 22.9 Å². The predicted molar refractivity (Wildman–Crippen MR) is 90.4 cm³/mol. The highest BCUT2D eigenvalue weighted by Gasteiger charge is 2.37. The van der Waals surface area contributed by atoms with Crippen LogP contribution in [0.1, 0.15) is 13.8 Å². The molecule has 0 aromatic heterocycles. The van der Waals surface area contributed by atoms with Gasteiger partial charge in [-0.3, -0.25) is 9.59 Å². The molecule has 2 amide bonds. The van der Waals surface area contributed by atoms with Gasteiger partial charge in [0.05, 0.1) is 12.8 Å². The number of hydrogen-bond acceptors (Lipinski definition) is 3. The first-order chi connectivity index (χ1) is 12.2. The molecule has 0 spiro atoms. The van der Waals surface area contributed by atoms with Gasteiger partial charge < -0.3 is 15.4 Å². The highest BCUT2D eigenvalue weighted by Crippen LogP contribution is 2.25. The lowest BCUT2D eigenvalue weighted by atomic mass is 9.90. The molecule has 0 saturated heterocycles. The molecule has 0 heterocycles. The van der Waals surface area contributed by atoms with E-state index in [9.17, 15) is 22.8 Å². The largest absolute Gasteiger partial charge is 0.497 e. The third-order valence-electron chi connectivity index (χ3n) is 3.75. The molecule has 0 bridgehead atoms. The third-order valence-corrected chi connectivity index (χ3v) is 3.75. The lowest BCUT2D eigenvalue weighted by molar-refractivity contribution is -0.135. The Balaban J connectivity index is 2.16. The Morgan fingerprint density at radius 2 is 1.62 bits per heavy atom. The molecule has 2 N–H and O–H groups in total. The minimum atomic E-state index is -1.71. The summed E-state index contributed by atoms with van der Waals surface area (Å²) in [4.78, 5) is 24.8. The number of halogens is 3. The smallest absolute Gasteiger partial charge is 0.239 e. The Hall–Kier alpha value is -3.03. The van der Waals surface area contributed by atoms with Gasteiger partial charge in [0.25, 0.3) is 0 Å². The zero-order valence-electron chi connectivity index (χ0n) is 14.3. The maximum absolute atomic E-state index is 13.7. The Bertz CT molecular complexity index is 854. The summed E-state index contributed by atoms with van der Waals surface area (Å²) in [6, 6.07) is 8.04. The normalized spacial score (nSPS) is 11.0. The van der Waals surface area contributed by atoms with Crippen LogP contribution >= 0.6 is 0 Å². The number of carbonyl (C=O) groups excluding carboxylic acids is 2. The Morgan fingerprint density at radius 1 is 0.962 bits per heavy atom. The van der Waals surface area contributed by atoms with Crippen LogP contribution < -0.4 is 15.4 Å². The van der Waals surface area contributed by atoms with Crippen LogP contribution in [-0.2, 0) is 9.59 Å². The molecule has 5 nitrogen and oxygen atoms in total. The van der Waals surface area contributed by atoms with Crippen molar-refractivity contribution in [3.05, 3.63) is 53.8 Å². The molecule has 0 radical (unpaired) electrons. The van der Waals surface area contributed by atoms with Gasteiger partial charge in [0.2, 0.25) is 11.8 Å². The van der Waals surface area contributed by atoms with Crippen molar-refractivity contribution in [2.24, 2.45) is 5.41 Å². The molecule has 26 heavy (non-hydrogen) atoms. The number of hydrogen-bond donors (Lipinski definition) is 2. The molecule has 2 rings (SSSR count). The molecule has 0 saturated carbocycles. The summed E-state index contributed by atoms with van der Waals surface area (Å²) in [5.41, 5.74) is -1.79. The molecule has 0 aliphatic heterocycles. The molecule has 8 heteroatoms. The van der Waals surface area contributed by atoms with Crippen LogP contribution in [0.5, 0.6) is 5.75 Å². The van der Waals surface area contributed by atoms with Gasteiger partial charge in [0.15, 0.2) is 17.5 Å². The van der Waals surface area contributed by atoms with Gasteiger partial charge in [0.1, 0.15) is 11.2 Å². The fourth-order valence-electron chi connectivity index (χ4n) is 1.99. The van der Waals surface area contributed by atoms with Gasteiger partial charge >= 0.3 is 0 Å². The molecule has 138 valence electrons. The average Bonchev–Trinajstić information content (AvgIpc) is 2.62. The number of ether oxygens (including phenoxy) is 1. The lowest BCUT2D eigenvalue weighted by Crippen LogP contribution is -2.41. The second-order valence-electron chi connectivity index (χ2n) is 5.99. The van der Waals surface area contributed by atoms with Crippen molar-refractivity contribution in [2.45, 2.75) is 13.8 Å². The molecule has 0 aliphatic carbocycles. The van der Waals surface area contributed by atoms with Crippen molar-refractivity contribution in [1.29, 1.82) is 0 Å². The topological polar surface area (TPSA) is 67.4 Å². The second-order valence-corrected chi connectivity index (χ2v) is 5.99. The number of benzene rings is 2. The summed E-state index contributed by atoms with van der Waals surface area (Å²) in [7, 11) is 1.47. The van der Waals surface area contributed by atoms with Gasteiger partial charge in [-0.25, -0.2) is 13.2 Å². The van der Waals surface area contributed by atoms with Gasteiger partial charge in [-0.05, 0) is 38.1 Å². The van der Waals surface area contributed by atoms with E-state index >= 15 is 0 Å². The number of amides is 2. The zero-order chi connectivity index (χ0) is 19.5. The van der Waals surface area contributed by atoms with Crippen LogP contribution in [0.25, 0.3) is 0 Å². The van der Waals surface area contributed by atoms with Crippen LogP contribution in [0.4, 0.5) is 24.5 Å². The van der Waals surface area contributed by atoms with Gasteiger partial charge in [-0.15, -0.1) is 0 Å². The second kappa shape index (κ2) is 7.47. The fourth-order valence-corrected chi connectivity index (χ4v) is 1.99. The van der Waals surface area contributed by atoms with Crippen LogP contribution in [0.3, 0.4) is 0 Å². The van der Waals surface area contributed by atoms with E-state index in [1.807, 2.05) is 0 Å². The lowest BCUT2D eigenvalue weighted by Gasteiger charge is -2.23. The van der Waals surface area contributed by atoms with Crippen molar-refractivity contribution in [3.8, 4) is 5.75 Å². The highest BCUT2D eigenvalue weighted by atomic mass is 19.2. The van der Waals surface area contributed by atoms with E-state index in [-0.39, 0.29) is 0 Å². The van der Waals surface area contributed by atoms with Crippen molar-refractivity contribution in [3.63, 3.8) is 0 Å². The highest BCUT2D eigenvalue weighted by molar-refractivity contribution is 6.14. The van der Waals surface area contributed by atoms with Gasteiger partial charge in [-0.2, -0.15) is 0 Å². The molecule has 0 aliphatic rings. The summed E-state index contributed by atoms with van der Waals surface area (Å²) in [5, 5.41) is 4.65. The minimum absolute atomic E-state index is 0.397. The van der Waals surface area contributed by atoms with Gasteiger partial charge in [-0.1, -0.05) is 6.07 Å². The number of nitrogens with one attached hydrogen (secondary N) is 2. The van der Waals surface area contributed by atoms with E-state index in [1.54, 1.807) is 24.3 Å². The van der Waals surface area contributed by atoms with Gasteiger partial charge in [0, 0.05) is 11.8 Å². The van der Waals surface area contributed by atoms with E-state index in [1.165, 1.54) is 21.0 Å². The van der Waals surface area contributed by atoms with Crippen LogP contribution in [0.2, 0.25) is 0 Å². The molecule has 0 fully saturated rings. The molecule has 0 unspecified atom stereocenters. The first-order valence-corrected chi connectivity index (χ1v) is 7.57. The molecule has 2 aromatic carbocycles. The average molecular weight is 366 g/mol.